The molecule has 1 aromatic carbocycles. The zero-order valence-corrected chi connectivity index (χ0v) is 12.5. The topological polar surface area (TPSA) is 21.3 Å². The Morgan fingerprint density at radius 3 is 3.00 bits per heavy atom. The summed E-state index contributed by atoms with van der Waals surface area (Å²) in [4.78, 5) is 0. The van der Waals surface area contributed by atoms with Crippen molar-refractivity contribution in [2.45, 2.75) is 32.7 Å². The number of hydrogen-bond donors (Lipinski definition) is 1. The van der Waals surface area contributed by atoms with Crippen LogP contribution in [0, 0.1) is 5.41 Å². The summed E-state index contributed by atoms with van der Waals surface area (Å²) in [7, 11) is 0. The van der Waals surface area contributed by atoms with Crippen LogP contribution in [0.3, 0.4) is 0 Å². The summed E-state index contributed by atoms with van der Waals surface area (Å²) in [6.07, 6.45) is 3.67. The minimum absolute atomic E-state index is 0.376. The normalized spacial score (nSPS) is 21.7. The van der Waals surface area contributed by atoms with Crippen LogP contribution < -0.4 is 10.1 Å². The summed E-state index contributed by atoms with van der Waals surface area (Å²) in [6.45, 7) is 5.31. The van der Waals surface area contributed by atoms with E-state index < -0.39 is 0 Å². The minimum Gasteiger partial charge on any atom is -0.493 e. The van der Waals surface area contributed by atoms with Crippen LogP contribution in [0.4, 0.5) is 0 Å². The highest BCUT2D eigenvalue weighted by Crippen LogP contribution is 2.36. The van der Waals surface area contributed by atoms with Crippen LogP contribution >= 0.6 is 11.8 Å². The van der Waals surface area contributed by atoms with Gasteiger partial charge >= 0.3 is 0 Å². The fraction of sp³-hybridized carbons (Fsp3) is 0.625. The molecule has 2 aliphatic heterocycles. The molecule has 3 heteroatoms. The second-order valence-corrected chi connectivity index (χ2v) is 7.26. The maximum Gasteiger partial charge on any atom is 0.122 e. The largest absolute Gasteiger partial charge is 0.493 e. The molecule has 0 unspecified atom stereocenters. The molecule has 1 fully saturated rings. The molecular weight excluding hydrogens is 254 g/mol. The van der Waals surface area contributed by atoms with Crippen LogP contribution in [0.1, 0.15) is 30.9 Å². The Labute approximate surface area is 120 Å². The Balaban J connectivity index is 1.69. The number of thioether (sulfide) groups is 1. The number of hydrogen-bond acceptors (Lipinski definition) is 3. The molecular formula is C16H23NOS. The maximum absolute atomic E-state index is 6.21. The van der Waals surface area contributed by atoms with Crippen LogP contribution in [0.15, 0.2) is 18.2 Å². The van der Waals surface area contributed by atoms with Gasteiger partial charge in [0, 0.05) is 12.0 Å². The van der Waals surface area contributed by atoms with Gasteiger partial charge in [0.1, 0.15) is 5.75 Å². The van der Waals surface area contributed by atoms with Gasteiger partial charge in [-0.15, -0.1) is 0 Å². The summed E-state index contributed by atoms with van der Waals surface area (Å²) < 4.78 is 6.21. The Bertz CT molecular complexity index is 440. The molecule has 0 bridgehead atoms. The van der Waals surface area contributed by atoms with E-state index in [1.165, 1.54) is 35.5 Å². The van der Waals surface area contributed by atoms with E-state index in [4.69, 9.17) is 4.74 Å². The SMILES string of the molecule is CC1(COc2cccc3c2CCNC3)CCSCC1. The lowest BCUT2D eigenvalue weighted by Crippen LogP contribution is -2.30. The minimum atomic E-state index is 0.376. The zero-order chi connectivity index (χ0) is 13.1. The quantitative estimate of drug-likeness (QED) is 0.916. The fourth-order valence-electron chi connectivity index (χ4n) is 2.89. The number of nitrogens with one attached hydrogen (secondary N) is 1. The number of benzene rings is 1. The van der Waals surface area contributed by atoms with Crippen molar-refractivity contribution in [2.75, 3.05) is 24.7 Å². The molecule has 0 atom stereocenters. The van der Waals surface area contributed by atoms with E-state index in [0.29, 0.717) is 5.41 Å². The van der Waals surface area contributed by atoms with Crippen LogP contribution in [0.25, 0.3) is 0 Å². The van der Waals surface area contributed by atoms with Gasteiger partial charge in [-0.25, -0.2) is 0 Å². The molecule has 0 amide bonds. The van der Waals surface area contributed by atoms with Gasteiger partial charge in [-0.1, -0.05) is 19.1 Å². The predicted octanol–water partition coefficient (Wildman–Crippen LogP) is 3.24. The van der Waals surface area contributed by atoms with E-state index in [9.17, 15) is 0 Å². The second-order valence-electron chi connectivity index (χ2n) is 6.03. The zero-order valence-electron chi connectivity index (χ0n) is 11.7. The third-order valence-electron chi connectivity index (χ3n) is 4.37. The van der Waals surface area contributed by atoms with E-state index in [-0.39, 0.29) is 0 Å². The van der Waals surface area contributed by atoms with Crippen LogP contribution in [-0.2, 0) is 13.0 Å². The van der Waals surface area contributed by atoms with Gasteiger partial charge in [0.2, 0.25) is 0 Å². The molecule has 0 aromatic heterocycles. The third kappa shape index (κ3) is 3.09. The first kappa shape index (κ1) is 13.3. The Kier molecular flexibility index (Phi) is 4.04. The van der Waals surface area contributed by atoms with Crippen molar-refractivity contribution >= 4 is 11.8 Å². The average Bonchev–Trinajstić information content (AvgIpc) is 2.46. The molecule has 2 aliphatic rings. The van der Waals surface area contributed by atoms with Crippen LogP contribution in [0.2, 0.25) is 0 Å². The van der Waals surface area contributed by atoms with Crippen molar-refractivity contribution in [3.63, 3.8) is 0 Å². The molecule has 0 radical (unpaired) electrons. The molecule has 0 aliphatic carbocycles. The van der Waals surface area contributed by atoms with Gasteiger partial charge in [-0.3, -0.25) is 0 Å². The summed E-state index contributed by atoms with van der Waals surface area (Å²) in [5.74, 6) is 3.70. The fourth-order valence-corrected chi connectivity index (χ4v) is 4.37. The lowest BCUT2D eigenvalue weighted by Gasteiger charge is -2.33. The van der Waals surface area contributed by atoms with Gasteiger partial charge in [-0.05, 0) is 54.5 Å². The van der Waals surface area contributed by atoms with Gasteiger partial charge < -0.3 is 10.1 Å². The van der Waals surface area contributed by atoms with Crippen LogP contribution in [0.5, 0.6) is 5.75 Å². The van der Waals surface area contributed by atoms with Gasteiger partial charge in [-0.2, -0.15) is 11.8 Å². The standard InChI is InChI=1S/C16H23NOS/c1-16(6-9-19-10-7-16)12-18-15-4-2-3-13-11-17-8-5-14(13)15/h2-4,17H,5-12H2,1H3. The number of ether oxygens (including phenoxy) is 1. The van der Waals surface area contributed by atoms with Gasteiger partial charge in [0.15, 0.2) is 0 Å². The first-order chi connectivity index (χ1) is 9.27. The van der Waals surface area contributed by atoms with Crippen LogP contribution in [-0.4, -0.2) is 24.7 Å². The van der Waals surface area contributed by atoms with Gasteiger partial charge in [0.05, 0.1) is 6.61 Å². The molecule has 2 nitrogen and oxygen atoms in total. The Hall–Kier alpha value is -0.670. The molecule has 104 valence electrons. The summed E-state index contributed by atoms with van der Waals surface area (Å²) >= 11 is 2.08. The molecule has 1 aromatic rings. The van der Waals surface area contributed by atoms with Crippen molar-refractivity contribution < 1.29 is 4.74 Å². The predicted molar refractivity (Wildman–Crippen MR) is 82.0 cm³/mol. The Morgan fingerprint density at radius 2 is 2.16 bits per heavy atom. The average molecular weight is 277 g/mol. The highest BCUT2D eigenvalue weighted by molar-refractivity contribution is 7.99. The molecule has 2 heterocycles. The summed E-state index contributed by atoms with van der Waals surface area (Å²) in [5, 5.41) is 3.42. The van der Waals surface area contributed by atoms with E-state index in [0.717, 1.165) is 31.9 Å². The van der Waals surface area contributed by atoms with E-state index in [1.54, 1.807) is 0 Å². The highest BCUT2D eigenvalue weighted by atomic mass is 32.2. The van der Waals surface area contributed by atoms with Crippen molar-refractivity contribution in [1.29, 1.82) is 0 Å². The van der Waals surface area contributed by atoms with E-state index >= 15 is 0 Å². The Morgan fingerprint density at radius 1 is 1.32 bits per heavy atom. The maximum atomic E-state index is 6.21. The van der Waals surface area contributed by atoms with Crippen molar-refractivity contribution in [1.82, 2.24) is 5.32 Å². The first-order valence-corrected chi connectivity index (χ1v) is 8.44. The second kappa shape index (κ2) is 5.76. The highest BCUT2D eigenvalue weighted by Gasteiger charge is 2.28. The molecule has 1 N–H and O–H groups in total. The van der Waals surface area contributed by atoms with Crippen molar-refractivity contribution in [3.8, 4) is 5.75 Å². The molecule has 3 rings (SSSR count). The monoisotopic (exact) mass is 277 g/mol. The lowest BCUT2D eigenvalue weighted by atomic mass is 9.85. The molecule has 19 heavy (non-hydrogen) atoms. The first-order valence-electron chi connectivity index (χ1n) is 7.29. The third-order valence-corrected chi connectivity index (χ3v) is 5.36. The lowest BCUT2D eigenvalue weighted by molar-refractivity contribution is 0.150. The van der Waals surface area contributed by atoms with E-state index in [1.807, 2.05) is 0 Å². The molecule has 0 spiro atoms. The van der Waals surface area contributed by atoms with E-state index in [2.05, 4.69) is 42.2 Å². The summed E-state index contributed by atoms with van der Waals surface area (Å²) in [5.41, 5.74) is 3.21. The summed E-state index contributed by atoms with van der Waals surface area (Å²) in [6, 6.07) is 6.48. The number of fused-ring (bicyclic) bond motifs is 1. The van der Waals surface area contributed by atoms with Gasteiger partial charge in [0.25, 0.3) is 0 Å². The smallest absolute Gasteiger partial charge is 0.122 e. The van der Waals surface area contributed by atoms with Crippen molar-refractivity contribution in [2.24, 2.45) is 5.41 Å². The molecule has 0 saturated carbocycles. The molecule has 1 saturated heterocycles. The van der Waals surface area contributed by atoms with Crippen molar-refractivity contribution in [3.05, 3.63) is 29.3 Å². The number of rotatable bonds is 3.